The lowest BCUT2D eigenvalue weighted by atomic mass is 10.3. The van der Waals surface area contributed by atoms with Crippen molar-refractivity contribution >= 4 is 17.3 Å². The Morgan fingerprint density at radius 2 is 2.11 bits per heavy atom. The molecule has 0 aromatic heterocycles. The van der Waals surface area contributed by atoms with Crippen LogP contribution in [0.1, 0.15) is 19.8 Å². The van der Waals surface area contributed by atoms with E-state index in [2.05, 4.69) is 6.92 Å². The van der Waals surface area contributed by atoms with Crippen LogP contribution in [-0.2, 0) is 4.74 Å². The van der Waals surface area contributed by atoms with Crippen molar-refractivity contribution in [3.05, 3.63) is 33.3 Å². The molecule has 0 radical (unpaired) electrons. The molecule has 0 fully saturated rings. The van der Waals surface area contributed by atoms with Crippen LogP contribution < -0.4 is 4.74 Å². The summed E-state index contributed by atoms with van der Waals surface area (Å²) in [6.07, 6.45) is 2.07. The smallest absolute Gasteiger partial charge is 0.329 e. The number of para-hydroxylation sites is 1. The summed E-state index contributed by atoms with van der Waals surface area (Å²) in [6, 6.07) is 4.60. The standard InChI is InChI=1S/C12H16ClNO4/c1-2-3-7-17-8-9-18-11-6-4-5-10(13)12(11)14(15)16/h4-6H,2-3,7-9H2,1H3. The van der Waals surface area contributed by atoms with E-state index in [4.69, 9.17) is 21.1 Å². The molecule has 1 aromatic carbocycles. The molecule has 0 aliphatic carbocycles. The molecule has 0 atom stereocenters. The van der Waals surface area contributed by atoms with Crippen molar-refractivity contribution in [1.82, 2.24) is 0 Å². The summed E-state index contributed by atoms with van der Waals surface area (Å²) in [4.78, 5) is 10.3. The van der Waals surface area contributed by atoms with Crippen LogP contribution >= 0.6 is 11.6 Å². The molecule has 0 aliphatic heterocycles. The van der Waals surface area contributed by atoms with E-state index in [-0.39, 0.29) is 23.1 Å². The molecule has 5 nitrogen and oxygen atoms in total. The van der Waals surface area contributed by atoms with Gasteiger partial charge in [-0.2, -0.15) is 0 Å². The molecule has 0 spiro atoms. The van der Waals surface area contributed by atoms with Crippen LogP contribution in [-0.4, -0.2) is 24.7 Å². The Morgan fingerprint density at radius 1 is 1.33 bits per heavy atom. The quantitative estimate of drug-likeness (QED) is 0.413. The van der Waals surface area contributed by atoms with Crippen LogP contribution in [0, 0.1) is 10.1 Å². The van der Waals surface area contributed by atoms with Crippen LogP contribution in [0.15, 0.2) is 18.2 Å². The minimum absolute atomic E-state index is 0.0735. The topological polar surface area (TPSA) is 61.6 Å². The molecule has 0 heterocycles. The number of ether oxygens (including phenoxy) is 2. The zero-order valence-electron chi connectivity index (χ0n) is 10.2. The maximum atomic E-state index is 10.8. The Kier molecular flexibility index (Phi) is 6.46. The van der Waals surface area contributed by atoms with Gasteiger partial charge in [0.25, 0.3) is 0 Å². The predicted molar refractivity (Wildman–Crippen MR) is 69.3 cm³/mol. The zero-order valence-corrected chi connectivity index (χ0v) is 11.0. The summed E-state index contributed by atoms with van der Waals surface area (Å²) in [5.74, 6) is 0.173. The molecule has 0 amide bonds. The number of nitro benzene ring substituents is 1. The third kappa shape index (κ3) is 4.50. The van der Waals surface area contributed by atoms with Gasteiger partial charge in [0.15, 0.2) is 5.75 Å². The second-order valence-electron chi connectivity index (χ2n) is 3.66. The Morgan fingerprint density at radius 3 is 2.78 bits per heavy atom. The molecule has 0 unspecified atom stereocenters. The fourth-order valence-electron chi connectivity index (χ4n) is 1.35. The van der Waals surface area contributed by atoms with Crippen molar-refractivity contribution < 1.29 is 14.4 Å². The Balaban J connectivity index is 2.47. The van der Waals surface area contributed by atoms with Crippen molar-refractivity contribution in [3.8, 4) is 5.75 Å². The van der Waals surface area contributed by atoms with Gasteiger partial charge in [-0.05, 0) is 18.6 Å². The third-order valence-electron chi connectivity index (χ3n) is 2.26. The predicted octanol–water partition coefficient (Wildman–Crippen LogP) is 3.44. The Hall–Kier alpha value is -1.33. The highest BCUT2D eigenvalue weighted by Crippen LogP contribution is 2.33. The SMILES string of the molecule is CCCCOCCOc1cccc(Cl)c1[N+](=O)[O-]. The first-order valence-corrected chi connectivity index (χ1v) is 6.18. The number of hydrogen-bond acceptors (Lipinski definition) is 4. The normalized spacial score (nSPS) is 10.3. The molecule has 0 saturated heterocycles. The number of benzene rings is 1. The molecule has 0 N–H and O–H groups in total. The maximum absolute atomic E-state index is 10.8. The first-order valence-electron chi connectivity index (χ1n) is 5.80. The highest BCUT2D eigenvalue weighted by molar-refractivity contribution is 6.32. The average Bonchev–Trinajstić information content (AvgIpc) is 2.33. The maximum Gasteiger partial charge on any atom is 0.329 e. The summed E-state index contributed by atoms with van der Waals surface area (Å²) in [6.45, 7) is 3.43. The highest BCUT2D eigenvalue weighted by atomic mass is 35.5. The first-order chi connectivity index (χ1) is 8.66. The fraction of sp³-hybridized carbons (Fsp3) is 0.500. The van der Waals surface area contributed by atoms with E-state index in [0.29, 0.717) is 13.2 Å². The lowest BCUT2D eigenvalue weighted by Crippen LogP contribution is -2.08. The van der Waals surface area contributed by atoms with Gasteiger partial charge in [0, 0.05) is 6.61 Å². The largest absolute Gasteiger partial charge is 0.484 e. The van der Waals surface area contributed by atoms with Gasteiger partial charge in [0.05, 0.1) is 11.5 Å². The second-order valence-corrected chi connectivity index (χ2v) is 4.07. The van der Waals surface area contributed by atoms with Gasteiger partial charge in [-0.25, -0.2) is 0 Å². The molecule has 100 valence electrons. The molecule has 18 heavy (non-hydrogen) atoms. The van der Waals surface area contributed by atoms with Gasteiger partial charge in [-0.15, -0.1) is 0 Å². The van der Waals surface area contributed by atoms with Gasteiger partial charge >= 0.3 is 5.69 Å². The van der Waals surface area contributed by atoms with Crippen LogP contribution in [0.25, 0.3) is 0 Å². The molecule has 1 rings (SSSR count). The Labute approximate surface area is 111 Å². The van der Waals surface area contributed by atoms with E-state index < -0.39 is 4.92 Å². The van der Waals surface area contributed by atoms with Crippen LogP contribution in [0.5, 0.6) is 5.75 Å². The number of halogens is 1. The minimum Gasteiger partial charge on any atom is -0.484 e. The minimum atomic E-state index is -0.546. The van der Waals surface area contributed by atoms with Crippen LogP contribution in [0.4, 0.5) is 5.69 Å². The molecule has 6 heteroatoms. The van der Waals surface area contributed by atoms with Crippen LogP contribution in [0.2, 0.25) is 5.02 Å². The average molecular weight is 274 g/mol. The summed E-state index contributed by atoms with van der Waals surface area (Å²) >= 11 is 5.75. The van der Waals surface area contributed by atoms with E-state index in [1.54, 1.807) is 6.07 Å². The lowest BCUT2D eigenvalue weighted by Gasteiger charge is -2.07. The summed E-state index contributed by atoms with van der Waals surface area (Å²) in [5, 5.41) is 10.9. The second kappa shape index (κ2) is 7.89. The Bertz CT molecular complexity index is 398. The van der Waals surface area contributed by atoms with E-state index in [0.717, 1.165) is 12.8 Å². The van der Waals surface area contributed by atoms with Crippen LogP contribution in [0.3, 0.4) is 0 Å². The molecule has 0 bridgehead atoms. The van der Waals surface area contributed by atoms with E-state index >= 15 is 0 Å². The molecular weight excluding hydrogens is 258 g/mol. The van der Waals surface area contributed by atoms with Crippen molar-refractivity contribution in [3.63, 3.8) is 0 Å². The lowest BCUT2D eigenvalue weighted by molar-refractivity contribution is -0.385. The summed E-state index contributed by atoms with van der Waals surface area (Å²) < 4.78 is 10.6. The third-order valence-corrected chi connectivity index (χ3v) is 2.56. The zero-order chi connectivity index (χ0) is 13.4. The monoisotopic (exact) mass is 273 g/mol. The highest BCUT2D eigenvalue weighted by Gasteiger charge is 2.19. The summed E-state index contributed by atoms with van der Waals surface area (Å²) in [5.41, 5.74) is -0.201. The number of nitro groups is 1. The van der Waals surface area contributed by atoms with Gasteiger partial charge in [0.1, 0.15) is 11.6 Å². The number of rotatable bonds is 8. The number of unbranched alkanes of at least 4 members (excludes halogenated alkanes) is 1. The molecule has 1 aromatic rings. The summed E-state index contributed by atoms with van der Waals surface area (Å²) in [7, 11) is 0. The van der Waals surface area contributed by atoms with Crippen molar-refractivity contribution in [2.45, 2.75) is 19.8 Å². The van der Waals surface area contributed by atoms with Gasteiger partial charge in [0.2, 0.25) is 0 Å². The molecular formula is C12H16ClNO4. The van der Waals surface area contributed by atoms with E-state index in [1.807, 2.05) is 0 Å². The van der Waals surface area contributed by atoms with Gasteiger partial charge < -0.3 is 9.47 Å². The van der Waals surface area contributed by atoms with Crippen molar-refractivity contribution in [1.29, 1.82) is 0 Å². The van der Waals surface area contributed by atoms with E-state index in [9.17, 15) is 10.1 Å². The van der Waals surface area contributed by atoms with Gasteiger partial charge in [-0.3, -0.25) is 10.1 Å². The van der Waals surface area contributed by atoms with Crippen molar-refractivity contribution in [2.75, 3.05) is 19.8 Å². The molecule has 0 saturated carbocycles. The number of nitrogens with zero attached hydrogens (tertiary/aromatic N) is 1. The fourth-order valence-corrected chi connectivity index (χ4v) is 1.58. The molecule has 0 aliphatic rings. The van der Waals surface area contributed by atoms with Gasteiger partial charge in [-0.1, -0.05) is 31.0 Å². The first kappa shape index (κ1) is 14.7. The van der Waals surface area contributed by atoms with Crippen molar-refractivity contribution in [2.24, 2.45) is 0 Å². The van der Waals surface area contributed by atoms with E-state index in [1.165, 1.54) is 12.1 Å². The number of hydrogen-bond donors (Lipinski definition) is 0.